The van der Waals surface area contributed by atoms with Crippen LogP contribution in [0, 0.1) is 5.82 Å². The molecule has 1 atom stereocenters. The summed E-state index contributed by atoms with van der Waals surface area (Å²) in [6, 6.07) is 4.20. The summed E-state index contributed by atoms with van der Waals surface area (Å²) in [6.45, 7) is 2.14. The van der Waals surface area contributed by atoms with Crippen LogP contribution in [0.2, 0.25) is 5.02 Å². The predicted molar refractivity (Wildman–Crippen MR) is 69.1 cm³/mol. The summed E-state index contributed by atoms with van der Waals surface area (Å²) in [5.74, 6) is -0.428. The Morgan fingerprint density at radius 1 is 1.50 bits per heavy atom. The van der Waals surface area contributed by atoms with Gasteiger partial charge in [0, 0.05) is 11.6 Å². The lowest BCUT2D eigenvalue weighted by molar-refractivity contribution is -0.0999. The van der Waals surface area contributed by atoms with Gasteiger partial charge in [-0.2, -0.15) is 0 Å². The van der Waals surface area contributed by atoms with Gasteiger partial charge in [0.2, 0.25) is 0 Å². The quantitative estimate of drug-likeness (QED) is 0.873. The molecule has 0 spiro atoms. The minimum absolute atomic E-state index is 0.301. The molecule has 2 rings (SSSR count). The predicted octanol–water partition coefficient (Wildman–Crippen LogP) is 3.63. The van der Waals surface area contributed by atoms with E-state index in [9.17, 15) is 9.50 Å². The monoisotopic (exact) mass is 287 g/mol. The fraction of sp³-hybridized carbons (Fsp3) is 0.250. The maximum atomic E-state index is 13.3. The Balaban J connectivity index is 2.42. The lowest BCUT2D eigenvalue weighted by atomic mass is 10.1. The molecule has 0 saturated heterocycles. The van der Waals surface area contributed by atoms with Gasteiger partial charge in [-0.15, -0.1) is 11.3 Å². The van der Waals surface area contributed by atoms with Gasteiger partial charge in [0.15, 0.2) is 6.29 Å². The zero-order valence-corrected chi connectivity index (χ0v) is 11.1. The van der Waals surface area contributed by atoms with Crippen molar-refractivity contribution in [3.8, 4) is 10.4 Å². The van der Waals surface area contributed by atoms with Crippen LogP contribution in [0.3, 0.4) is 0 Å². The maximum absolute atomic E-state index is 13.3. The van der Waals surface area contributed by atoms with Gasteiger partial charge < -0.3 is 9.84 Å². The summed E-state index contributed by atoms with van der Waals surface area (Å²) >= 11 is 7.11. The molecule has 1 unspecified atom stereocenters. The van der Waals surface area contributed by atoms with Crippen LogP contribution in [0.4, 0.5) is 4.39 Å². The zero-order valence-electron chi connectivity index (χ0n) is 9.56. The third-order valence-electron chi connectivity index (χ3n) is 2.28. The first-order valence-corrected chi connectivity index (χ1v) is 6.57. The van der Waals surface area contributed by atoms with E-state index in [0.29, 0.717) is 27.8 Å². The second kappa shape index (κ2) is 5.75. The minimum atomic E-state index is -1.11. The first kappa shape index (κ1) is 13.4. The lowest BCUT2D eigenvalue weighted by Gasteiger charge is -2.10. The van der Waals surface area contributed by atoms with Crippen molar-refractivity contribution in [1.82, 2.24) is 4.98 Å². The highest BCUT2D eigenvalue weighted by atomic mass is 35.5. The van der Waals surface area contributed by atoms with Crippen LogP contribution in [-0.2, 0) is 4.74 Å². The normalized spacial score (nSPS) is 12.7. The van der Waals surface area contributed by atoms with Gasteiger partial charge in [0.25, 0.3) is 0 Å². The molecule has 2 aromatic rings. The second-order valence-corrected chi connectivity index (χ2v) is 4.82. The number of aliphatic hydroxyl groups excluding tert-OH is 1. The standard InChI is InChI=1S/C12H11ClFNO2S/c1-2-17-12(16)10-11(18-6-15-10)7-3-8(13)5-9(14)4-7/h3-6,12,16H,2H2,1H3. The van der Waals surface area contributed by atoms with Gasteiger partial charge in [0.05, 0.1) is 10.4 Å². The molecule has 0 radical (unpaired) electrons. The van der Waals surface area contributed by atoms with Crippen molar-refractivity contribution in [2.24, 2.45) is 0 Å². The number of hydrogen-bond donors (Lipinski definition) is 1. The van der Waals surface area contributed by atoms with E-state index in [-0.39, 0.29) is 0 Å². The fourth-order valence-corrected chi connectivity index (χ4v) is 2.59. The van der Waals surface area contributed by atoms with Crippen molar-refractivity contribution in [2.45, 2.75) is 13.2 Å². The molecule has 6 heteroatoms. The summed E-state index contributed by atoms with van der Waals surface area (Å²) < 4.78 is 18.4. The van der Waals surface area contributed by atoms with Gasteiger partial charge >= 0.3 is 0 Å². The SMILES string of the molecule is CCOC(O)c1ncsc1-c1cc(F)cc(Cl)c1. The molecule has 0 fully saturated rings. The average Bonchev–Trinajstić information content (AvgIpc) is 2.76. The molecule has 0 aliphatic heterocycles. The molecule has 0 aliphatic carbocycles. The molecule has 3 nitrogen and oxygen atoms in total. The van der Waals surface area contributed by atoms with Crippen LogP contribution in [0.1, 0.15) is 18.9 Å². The van der Waals surface area contributed by atoms with Crippen molar-refractivity contribution in [2.75, 3.05) is 6.61 Å². The summed E-state index contributed by atoms with van der Waals surface area (Å²) in [7, 11) is 0. The molecular weight excluding hydrogens is 277 g/mol. The summed E-state index contributed by atoms with van der Waals surface area (Å²) in [4.78, 5) is 4.70. The smallest absolute Gasteiger partial charge is 0.200 e. The third kappa shape index (κ3) is 2.87. The van der Waals surface area contributed by atoms with E-state index in [0.717, 1.165) is 0 Å². The van der Waals surface area contributed by atoms with E-state index in [1.54, 1.807) is 18.5 Å². The Morgan fingerprint density at radius 3 is 2.94 bits per heavy atom. The minimum Gasteiger partial charge on any atom is -0.363 e. The maximum Gasteiger partial charge on any atom is 0.200 e. The van der Waals surface area contributed by atoms with Gasteiger partial charge in [0.1, 0.15) is 11.5 Å². The molecule has 18 heavy (non-hydrogen) atoms. The molecule has 0 aliphatic rings. The number of benzene rings is 1. The third-order valence-corrected chi connectivity index (χ3v) is 3.39. The van der Waals surface area contributed by atoms with Gasteiger partial charge in [-0.05, 0) is 30.7 Å². The van der Waals surface area contributed by atoms with E-state index in [1.807, 2.05) is 0 Å². The molecule has 1 aromatic heterocycles. The molecule has 0 bridgehead atoms. The van der Waals surface area contributed by atoms with Crippen molar-refractivity contribution < 1.29 is 14.2 Å². The molecule has 96 valence electrons. The Hall–Kier alpha value is -1.01. The highest BCUT2D eigenvalue weighted by Crippen LogP contribution is 2.33. The molecule has 0 amide bonds. The number of thiazole rings is 1. The highest BCUT2D eigenvalue weighted by molar-refractivity contribution is 7.13. The van der Waals surface area contributed by atoms with Gasteiger partial charge in [-0.3, -0.25) is 0 Å². The Labute approximate surface area is 113 Å². The zero-order chi connectivity index (χ0) is 13.1. The number of aromatic nitrogens is 1. The van der Waals surface area contributed by atoms with Crippen molar-refractivity contribution in [1.29, 1.82) is 0 Å². The number of hydrogen-bond acceptors (Lipinski definition) is 4. The largest absolute Gasteiger partial charge is 0.363 e. The number of halogens is 2. The first-order valence-electron chi connectivity index (χ1n) is 5.31. The van der Waals surface area contributed by atoms with Crippen molar-refractivity contribution in [3.05, 3.63) is 40.2 Å². The molecule has 1 heterocycles. The Bertz CT molecular complexity index is 526. The van der Waals surface area contributed by atoms with Crippen LogP contribution < -0.4 is 0 Å². The molecule has 0 saturated carbocycles. The lowest BCUT2D eigenvalue weighted by Crippen LogP contribution is -2.04. The van der Waals surface area contributed by atoms with Crippen molar-refractivity contribution in [3.63, 3.8) is 0 Å². The first-order chi connectivity index (χ1) is 8.61. The fourth-order valence-electron chi connectivity index (χ4n) is 1.57. The molecule has 1 aromatic carbocycles. The van der Waals surface area contributed by atoms with Gasteiger partial charge in [-0.25, -0.2) is 9.37 Å². The van der Waals surface area contributed by atoms with E-state index in [1.165, 1.54) is 23.5 Å². The summed E-state index contributed by atoms with van der Waals surface area (Å²) in [6.07, 6.45) is -1.11. The Morgan fingerprint density at radius 2 is 2.28 bits per heavy atom. The van der Waals surface area contributed by atoms with E-state index < -0.39 is 12.1 Å². The van der Waals surface area contributed by atoms with Crippen LogP contribution in [0.5, 0.6) is 0 Å². The summed E-state index contributed by atoms with van der Waals surface area (Å²) in [5, 5.41) is 10.1. The molecule has 1 N–H and O–H groups in total. The van der Waals surface area contributed by atoms with Gasteiger partial charge in [-0.1, -0.05) is 11.6 Å². The number of aliphatic hydroxyl groups is 1. The Kier molecular flexibility index (Phi) is 4.29. The van der Waals surface area contributed by atoms with E-state index >= 15 is 0 Å². The summed E-state index contributed by atoms with van der Waals surface area (Å²) in [5.41, 5.74) is 2.53. The average molecular weight is 288 g/mol. The van der Waals surface area contributed by atoms with Crippen LogP contribution >= 0.6 is 22.9 Å². The van der Waals surface area contributed by atoms with Crippen LogP contribution in [0.25, 0.3) is 10.4 Å². The van der Waals surface area contributed by atoms with Crippen LogP contribution in [0.15, 0.2) is 23.7 Å². The number of ether oxygens (including phenoxy) is 1. The number of rotatable bonds is 4. The highest BCUT2D eigenvalue weighted by Gasteiger charge is 2.17. The van der Waals surface area contributed by atoms with E-state index in [4.69, 9.17) is 16.3 Å². The molecular formula is C12H11ClFNO2S. The number of nitrogens with zero attached hydrogens (tertiary/aromatic N) is 1. The van der Waals surface area contributed by atoms with Crippen LogP contribution in [-0.4, -0.2) is 16.7 Å². The van der Waals surface area contributed by atoms with E-state index in [2.05, 4.69) is 4.98 Å². The second-order valence-electron chi connectivity index (χ2n) is 3.53. The van der Waals surface area contributed by atoms with Crippen molar-refractivity contribution >= 4 is 22.9 Å². The topological polar surface area (TPSA) is 42.4 Å².